The Morgan fingerprint density at radius 2 is 2.00 bits per heavy atom. The van der Waals surface area contributed by atoms with E-state index in [4.69, 9.17) is 9.84 Å². The van der Waals surface area contributed by atoms with Gasteiger partial charge in [-0.25, -0.2) is 0 Å². The van der Waals surface area contributed by atoms with Gasteiger partial charge in [0.05, 0.1) is 12.7 Å². The quantitative estimate of drug-likeness (QED) is 0.508. The summed E-state index contributed by atoms with van der Waals surface area (Å²) in [6.07, 6.45) is -0.825. The number of hydrogen-bond acceptors (Lipinski definition) is 4. The molecule has 1 N–H and O–H groups in total. The van der Waals surface area contributed by atoms with Gasteiger partial charge >= 0.3 is 5.97 Å². The molecule has 6 heteroatoms. The number of carbonyl (C=O) groups excluding carboxylic acids is 2. The van der Waals surface area contributed by atoms with Crippen molar-refractivity contribution in [2.75, 3.05) is 7.11 Å². The van der Waals surface area contributed by atoms with Gasteiger partial charge in [0.15, 0.2) is 0 Å². The average Bonchev–Trinajstić information content (AvgIpc) is 2.27. The van der Waals surface area contributed by atoms with Crippen LogP contribution in [0, 0.1) is 0 Å². The number of ether oxygens (including phenoxy) is 1. The minimum absolute atomic E-state index is 0.0492. The Morgan fingerprint density at radius 3 is 2.53 bits per heavy atom. The lowest BCUT2D eigenvalue weighted by Gasteiger charge is -2.06. The second kappa shape index (κ2) is 5.58. The Labute approximate surface area is 106 Å². The summed E-state index contributed by atoms with van der Waals surface area (Å²) < 4.78 is 5.54. The number of Topliss-reactive ketones (excluding diaryl/α,β-unsaturated/α-hetero) is 2. The summed E-state index contributed by atoms with van der Waals surface area (Å²) in [6.45, 7) is 0. The maximum absolute atomic E-state index is 11.7. The highest BCUT2D eigenvalue weighted by Crippen LogP contribution is 2.23. The molecular formula is C11H9BrO5. The van der Waals surface area contributed by atoms with Crippen LogP contribution in [0.2, 0.25) is 0 Å². The molecule has 0 saturated heterocycles. The van der Waals surface area contributed by atoms with Crippen LogP contribution in [0.5, 0.6) is 5.75 Å². The number of methoxy groups -OCH3 is 1. The summed E-state index contributed by atoms with van der Waals surface area (Å²) >= 11 is 3.16. The van der Waals surface area contributed by atoms with Gasteiger partial charge in [0, 0.05) is 4.47 Å². The van der Waals surface area contributed by atoms with Crippen molar-refractivity contribution in [3.05, 3.63) is 28.2 Å². The van der Waals surface area contributed by atoms with Crippen LogP contribution in [0.3, 0.4) is 0 Å². The summed E-state index contributed by atoms with van der Waals surface area (Å²) in [6, 6.07) is 4.59. The van der Waals surface area contributed by atoms with Crippen molar-refractivity contribution in [2.45, 2.75) is 6.42 Å². The molecule has 0 atom stereocenters. The van der Waals surface area contributed by atoms with Gasteiger partial charge in [0.1, 0.15) is 12.2 Å². The normalized spacial score (nSPS) is 9.76. The Morgan fingerprint density at radius 1 is 1.35 bits per heavy atom. The van der Waals surface area contributed by atoms with E-state index < -0.39 is 24.0 Å². The molecule has 5 nitrogen and oxygen atoms in total. The largest absolute Gasteiger partial charge is 0.496 e. The molecule has 0 aliphatic heterocycles. The van der Waals surface area contributed by atoms with Gasteiger partial charge in [0.2, 0.25) is 11.6 Å². The molecule has 1 rings (SSSR count). The van der Waals surface area contributed by atoms with E-state index in [1.54, 1.807) is 6.07 Å². The number of aliphatic carboxylic acids is 1. The van der Waals surface area contributed by atoms with Crippen molar-refractivity contribution in [3.63, 3.8) is 0 Å². The van der Waals surface area contributed by atoms with Crippen LogP contribution in [0.25, 0.3) is 0 Å². The van der Waals surface area contributed by atoms with E-state index >= 15 is 0 Å². The average molecular weight is 301 g/mol. The van der Waals surface area contributed by atoms with Gasteiger partial charge in [-0.2, -0.15) is 0 Å². The lowest BCUT2D eigenvalue weighted by Crippen LogP contribution is -2.18. The van der Waals surface area contributed by atoms with Gasteiger partial charge in [-0.1, -0.05) is 15.9 Å². The molecule has 0 spiro atoms. The summed E-state index contributed by atoms with van der Waals surface area (Å²) in [5.41, 5.74) is 0.0492. The molecular weight excluding hydrogens is 292 g/mol. The van der Waals surface area contributed by atoms with Crippen molar-refractivity contribution in [2.24, 2.45) is 0 Å². The molecule has 1 aromatic carbocycles. The van der Waals surface area contributed by atoms with Crippen LogP contribution in [0.1, 0.15) is 16.8 Å². The fourth-order valence-corrected chi connectivity index (χ4v) is 1.59. The van der Waals surface area contributed by atoms with Crippen LogP contribution in [0.15, 0.2) is 22.7 Å². The predicted molar refractivity (Wildman–Crippen MR) is 62.3 cm³/mol. The van der Waals surface area contributed by atoms with Crippen molar-refractivity contribution in [3.8, 4) is 5.75 Å². The lowest BCUT2D eigenvalue weighted by molar-refractivity contribution is -0.139. The fourth-order valence-electron chi connectivity index (χ4n) is 1.23. The summed E-state index contributed by atoms with van der Waals surface area (Å²) in [4.78, 5) is 33.4. The van der Waals surface area contributed by atoms with E-state index in [2.05, 4.69) is 15.9 Å². The predicted octanol–water partition coefficient (Wildman–Crippen LogP) is 1.68. The molecule has 17 heavy (non-hydrogen) atoms. The SMILES string of the molecule is COc1ccc(Br)cc1C(=O)C(=O)CC(=O)O. The van der Waals surface area contributed by atoms with Crippen LogP contribution in [-0.4, -0.2) is 29.8 Å². The zero-order valence-electron chi connectivity index (χ0n) is 8.90. The summed E-state index contributed by atoms with van der Waals surface area (Å²) in [5.74, 6) is -2.95. The highest BCUT2D eigenvalue weighted by Gasteiger charge is 2.22. The molecule has 90 valence electrons. The number of hydrogen-bond donors (Lipinski definition) is 1. The standard InChI is InChI=1S/C11H9BrO5/c1-17-9-3-2-6(12)4-7(9)11(16)8(13)5-10(14)15/h2-4H,5H2,1H3,(H,14,15). The molecule has 0 aromatic heterocycles. The summed E-state index contributed by atoms with van der Waals surface area (Å²) in [5, 5.41) is 8.45. The molecule has 0 fully saturated rings. The Kier molecular flexibility index (Phi) is 4.39. The topological polar surface area (TPSA) is 80.7 Å². The minimum Gasteiger partial charge on any atom is -0.496 e. The monoisotopic (exact) mass is 300 g/mol. The third-order valence-electron chi connectivity index (χ3n) is 1.97. The first-order chi connectivity index (χ1) is 7.95. The van der Waals surface area contributed by atoms with E-state index in [1.807, 2.05) is 0 Å². The maximum atomic E-state index is 11.7. The van der Waals surface area contributed by atoms with Gasteiger partial charge < -0.3 is 9.84 Å². The van der Waals surface area contributed by atoms with E-state index in [9.17, 15) is 14.4 Å². The van der Waals surface area contributed by atoms with E-state index in [0.29, 0.717) is 4.47 Å². The first-order valence-electron chi connectivity index (χ1n) is 4.58. The Bertz CT molecular complexity index is 481. The molecule has 0 bridgehead atoms. The molecule has 0 heterocycles. The number of rotatable bonds is 5. The van der Waals surface area contributed by atoms with Gasteiger partial charge in [-0.05, 0) is 18.2 Å². The fraction of sp³-hybridized carbons (Fsp3) is 0.182. The molecule has 1 aromatic rings. The van der Waals surface area contributed by atoms with Gasteiger partial charge in [-0.15, -0.1) is 0 Å². The van der Waals surface area contributed by atoms with Crippen molar-refractivity contribution in [1.82, 2.24) is 0 Å². The van der Waals surface area contributed by atoms with E-state index in [-0.39, 0.29) is 11.3 Å². The first-order valence-corrected chi connectivity index (χ1v) is 5.38. The highest BCUT2D eigenvalue weighted by molar-refractivity contribution is 9.10. The van der Waals surface area contributed by atoms with Crippen LogP contribution < -0.4 is 4.74 Å². The molecule has 0 unspecified atom stereocenters. The molecule has 0 aliphatic carbocycles. The number of benzene rings is 1. The smallest absolute Gasteiger partial charge is 0.311 e. The summed E-state index contributed by atoms with van der Waals surface area (Å²) in [7, 11) is 1.36. The maximum Gasteiger partial charge on any atom is 0.311 e. The Balaban J connectivity index is 3.06. The third-order valence-corrected chi connectivity index (χ3v) is 2.46. The van der Waals surface area contributed by atoms with E-state index in [1.165, 1.54) is 19.2 Å². The minimum atomic E-state index is -1.34. The third kappa shape index (κ3) is 3.39. The van der Waals surface area contributed by atoms with Crippen molar-refractivity contribution < 1.29 is 24.2 Å². The second-order valence-corrected chi connectivity index (χ2v) is 4.08. The molecule has 0 radical (unpaired) electrons. The van der Waals surface area contributed by atoms with Gasteiger partial charge in [-0.3, -0.25) is 14.4 Å². The number of ketones is 2. The van der Waals surface area contributed by atoms with Crippen molar-refractivity contribution in [1.29, 1.82) is 0 Å². The number of carboxylic acid groups (broad SMARTS) is 1. The molecule has 0 amide bonds. The Hall–Kier alpha value is -1.69. The zero-order chi connectivity index (χ0) is 13.0. The van der Waals surface area contributed by atoms with Gasteiger partial charge in [0.25, 0.3) is 0 Å². The van der Waals surface area contributed by atoms with Crippen LogP contribution in [0.4, 0.5) is 0 Å². The lowest BCUT2D eigenvalue weighted by atomic mass is 10.0. The molecule has 0 saturated carbocycles. The highest BCUT2D eigenvalue weighted by atomic mass is 79.9. The number of carboxylic acids is 1. The number of carbonyl (C=O) groups is 3. The zero-order valence-corrected chi connectivity index (χ0v) is 10.5. The van der Waals surface area contributed by atoms with Crippen molar-refractivity contribution >= 4 is 33.5 Å². The van der Waals surface area contributed by atoms with Crippen LogP contribution >= 0.6 is 15.9 Å². The van der Waals surface area contributed by atoms with E-state index in [0.717, 1.165) is 0 Å². The molecule has 0 aliphatic rings. The number of halogens is 1. The van der Waals surface area contributed by atoms with Crippen LogP contribution in [-0.2, 0) is 9.59 Å². The first kappa shape index (κ1) is 13.4. The second-order valence-electron chi connectivity index (χ2n) is 3.17.